The molecule has 1 aliphatic rings. The van der Waals surface area contributed by atoms with E-state index in [0.717, 1.165) is 39.3 Å². The van der Waals surface area contributed by atoms with Crippen LogP contribution in [0.2, 0.25) is 0 Å². The summed E-state index contributed by atoms with van der Waals surface area (Å²) >= 11 is 3.65. The van der Waals surface area contributed by atoms with Crippen LogP contribution in [0.4, 0.5) is 0 Å². The number of aryl methyl sites for hydroxylation is 1. The maximum Gasteiger partial charge on any atom is 0.414 e. The van der Waals surface area contributed by atoms with Crippen LogP contribution in [0.15, 0.2) is 53.0 Å². The van der Waals surface area contributed by atoms with Crippen LogP contribution in [0, 0.1) is 6.92 Å². The Morgan fingerprint density at radius 1 is 0.857 bits per heavy atom. The first-order valence-electron chi connectivity index (χ1n) is 9.05. The lowest BCUT2D eigenvalue weighted by atomic mass is 10.1. The molecule has 150 valence electrons. The van der Waals surface area contributed by atoms with Gasteiger partial charge in [-0.3, -0.25) is 9.80 Å². The van der Waals surface area contributed by atoms with Gasteiger partial charge < -0.3 is 10.2 Å². The molecule has 0 aliphatic carbocycles. The standard InChI is InChI=1S/C19H23BrN2.C2H2O4/c1-16-6-8-17(9-7-16)14-21-10-12-22(13-11-21)15-18-4-2-3-5-19(18)20;3-1(4)2(5)6/h2-9H,10-15H2,1H3;(H,3,4)(H,5,6). The molecule has 3 rings (SSSR count). The number of carboxylic acid groups (broad SMARTS) is 2. The fourth-order valence-corrected chi connectivity index (χ4v) is 3.33. The number of hydrogen-bond acceptors (Lipinski definition) is 4. The quantitative estimate of drug-likeness (QED) is 0.698. The van der Waals surface area contributed by atoms with Gasteiger partial charge in [0, 0.05) is 43.7 Å². The molecular weight excluding hydrogens is 424 g/mol. The Kier molecular flexibility index (Phi) is 8.63. The summed E-state index contributed by atoms with van der Waals surface area (Å²) in [7, 11) is 0. The fraction of sp³-hybridized carbons (Fsp3) is 0.333. The predicted octanol–water partition coefficient (Wildman–Crippen LogP) is 3.23. The van der Waals surface area contributed by atoms with Gasteiger partial charge in [-0.25, -0.2) is 9.59 Å². The number of piperazine rings is 1. The summed E-state index contributed by atoms with van der Waals surface area (Å²) in [4.78, 5) is 23.3. The summed E-state index contributed by atoms with van der Waals surface area (Å²) in [5.74, 6) is -3.65. The SMILES string of the molecule is Cc1ccc(CN2CCN(Cc3ccccc3Br)CC2)cc1.O=C(O)C(=O)O. The molecule has 7 heteroatoms. The second-order valence-electron chi connectivity index (χ2n) is 6.74. The summed E-state index contributed by atoms with van der Waals surface area (Å²) in [6, 6.07) is 17.5. The molecule has 2 aromatic rings. The van der Waals surface area contributed by atoms with Gasteiger partial charge in [0.05, 0.1) is 0 Å². The molecule has 1 heterocycles. The van der Waals surface area contributed by atoms with Crippen molar-refractivity contribution in [2.75, 3.05) is 26.2 Å². The van der Waals surface area contributed by atoms with Gasteiger partial charge in [0.15, 0.2) is 0 Å². The lowest BCUT2D eigenvalue weighted by Gasteiger charge is -2.35. The van der Waals surface area contributed by atoms with E-state index in [1.54, 1.807) is 0 Å². The number of nitrogens with zero attached hydrogens (tertiary/aromatic N) is 2. The molecule has 0 saturated carbocycles. The number of aliphatic carboxylic acids is 2. The molecule has 0 atom stereocenters. The monoisotopic (exact) mass is 448 g/mol. The van der Waals surface area contributed by atoms with Gasteiger partial charge in [-0.2, -0.15) is 0 Å². The molecule has 6 nitrogen and oxygen atoms in total. The summed E-state index contributed by atoms with van der Waals surface area (Å²) in [6.45, 7) is 8.85. The number of carbonyl (C=O) groups is 2. The van der Waals surface area contributed by atoms with E-state index in [1.165, 1.54) is 21.2 Å². The Labute approximate surface area is 173 Å². The van der Waals surface area contributed by atoms with Crippen LogP contribution in [0.25, 0.3) is 0 Å². The number of carboxylic acids is 2. The minimum Gasteiger partial charge on any atom is -0.473 e. The third-order valence-electron chi connectivity index (χ3n) is 4.53. The summed E-state index contributed by atoms with van der Waals surface area (Å²) < 4.78 is 1.22. The topological polar surface area (TPSA) is 81.1 Å². The molecule has 0 radical (unpaired) electrons. The highest BCUT2D eigenvalue weighted by molar-refractivity contribution is 9.10. The van der Waals surface area contributed by atoms with E-state index in [1.807, 2.05) is 0 Å². The van der Waals surface area contributed by atoms with Crippen molar-refractivity contribution < 1.29 is 19.8 Å². The minimum absolute atomic E-state index is 1.04. The summed E-state index contributed by atoms with van der Waals surface area (Å²) in [6.07, 6.45) is 0. The Bertz CT molecular complexity index is 775. The van der Waals surface area contributed by atoms with Crippen LogP contribution < -0.4 is 0 Å². The second kappa shape index (κ2) is 10.9. The van der Waals surface area contributed by atoms with Crippen molar-refractivity contribution in [2.24, 2.45) is 0 Å². The van der Waals surface area contributed by atoms with Gasteiger partial charge in [-0.15, -0.1) is 0 Å². The molecule has 0 aromatic heterocycles. The molecule has 1 fully saturated rings. The Morgan fingerprint density at radius 3 is 1.86 bits per heavy atom. The van der Waals surface area contributed by atoms with Crippen LogP contribution in [0.1, 0.15) is 16.7 Å². The summed E-state index contributed by atoms with van der Waals surface area (Å²) in [5, 5.41) is 14.8. The maximum atomic E-state index is 9.10. The molecule has 0 amide bonds. The zero-order valence-corrected chi connectivity index (χ0v) is 17.4. The smallest absolute Gasteiger partial charge is 0.414 e. The highest BCUT2D eigenvalue weighted by Gasteiger charge is 2.17. The Morgan fingerprint density at radius 2 is 1.36 bits per heavy atom. The fourth-order valence-electron chi connectivity index (χ4n) is 2.92. The van der Waals surface area contributed by atoms with E-state index in [4.69, 9.17) is 19.8 Å². The van der Waals surface area contributed by atoms with E-state index in [2.05, 4.69) is 81.2 Å². The van der Waals surface area contributed by atoms with Crippen molar-refractivity contribution in [3.63, 3.8) is 0 Å². The number of rotatable bonds is 4. The van der Waals surface area contributed by atoms with Crippen molar-refractivity contribution in [1.82, 2.24) is 9.80 Å². The van der Waals surface area contributed by atoms with Gasteiger partial charge in [0.2, 0.25) is 0 Å². The number of halogens is 1. The van der Waals surface area contributed by atoms with Gasteiger partial charge in [0.1, 0.15) is 0 Å². The lowest BCUT2D eigenvalue weighted by molar-refractivity contribution is -0.159. The predicted molar refractivity (Wildman–Crippen MR) is 111 cm³/mol. The molecule has 1 aliphatic heterocycles. The van der Waals surface area contributed by atoms with Gasteiger partial charge >= 0.3 is 11.9 Å². The first-order chi connectivity index (χ1) is 13.3. The van der Waals surface area contributed by atoms with Gasteiger partial charge in [-0.05, 0) is 24.1 Å². The first kappa shape index (κ1) is 22.1. The Hall–Kier alpha value is -2.22. The van der Waals surface area contributed by atoms with Crippen LogP contribution in [-0.4, -0.2) is 58.1 Å². The molecule has 0 unspecified atom stereocenters. The molecule has 1 saturated heterocycles. The van der Waals surface area contributed by atoms with Crippen LogP contribution in [-0.2, 0) is 22.7 Å². The first-order valence-corrected chi connectivity index (χ1v) is 9.84. The van der Waals surface area contributed by atoms with E-state index >= 15 is 0 Å². The van der Waals surface area contributed by atoms with Crippen molar-refractivity contribution in [3.05, 3.63) is 69.7 Å². The molecule has 0 bridgehead atoms. The van der Waals surface area contributed by atoms with E-state index in [-0.39, 0.29) is 0 Å². The molecule has 2 aromatic carbocycles. The van der Waals surface area contributed by atoms with Crippen molar-refractivity contribution in [2.45, 2.75) is 20.0 Å². The Balaban J connectivity index is 0.000000409. The minimum atomic E-state index is -1.82. The largest absolute Gasteiger partial charge is 0.473 e. The van der Waals surface area contributed by atoms with E-state index in [9.17, 15) is 0 Å². The zero-order valence-electron chi connectivity index (χ0n) is 15.8. The van der Waals surface area contributed by atoms with Crippen LogP contribution >= 0.6 is 15.9 Å². The second-order valence-corrected chi connectivity index (χ2v) is 7.59. The van der Waals surface area contributed by atoms with Crippen molar-refractivity contribution >= 4 is 27.9 Å². The average Bonchev–Trinajstić information content (AvgIpc) is 2.67. The van der Waals surface area contributed by atoms with Gasteiger partial charge in [-0.1, -0.05) is 64.0 Å². The lowest BCUT2D eigenvalue weighted by Crippen LogP contribution is -2.45. The highest BCUT2D eigenvalue weighted by atomic mass is 79.9. The molecule has 0 spiro atoms. The van der Waals surface area contributed by atoms with E-state index < -0.39 is 11.9 Å². The van der Waals surface area contributed by atoms with E-state index in [0.29, 0.717) is 0 Å². The average molecular weight is 449 g/mol. The van der Waals surface area contributed by atoms with Crippen molar-refractivity contribution in [3.8, 4) is 0 Å². The maximum absolute atomic E-state index is 9.10. The number of hydrogen-bond donors (Lipinski definition) is 2. The normalized spacial score (nSPS) is 14.8. The van der Waals surface area contributed by atoms with Crippen LogP contribution in [0.5, 0.6) is 0 Å². The van der Waals surface area contributed by atoms with Gasteiger partial charge in [0.25, 0.3) is 0 Å². The van der Waals surface area contributed by atoms with Crippen LogP contribution in [0.3, 0.4) is 0 Å². The third kappa shape index (κ3) is 7.42. The summed E-state index contributed by atoms with van der Waals surface area (Å²) in [5.41, 5.74) is 4.14. The molecule has 2 N–H and O–H groups in total. The molecular formula is C21H25BrN2O4. The molecule has 28 heavy (non-hydrogen) atoms. The highest BCUT2D eigenvalue weighted by Crippen LogP contribution is 2.19. The number of benzene rings is 2. The van der Waals surface area contributed by atoms with Crippen molar-refractivity contribution in [1.29, 1.82) is 0 Å². The third-order valence-corrected chi connectivity index (χ3v) is 5.30. The zero-order chi connectivity index (χ0) is 20.5.